The highest BCUT2D eigenvalue weighted by atomic mass is 16.4. The number of carbonyl (C=O) groups excluding carboxylic acids is 1. The van der Waals surface area contributed by atoms with Crippen molar-refractivity contribution in [3.8, 4) is 0 Å². The molecule has 1 fully saturated rings. The second kappa shape index (κ2) is 5.49. The zero-order valence-corrected chi connectivity index (χ0v) is 10.8. The number of hydrogen-bond acceptors (Lipinski definition) is 3. The van der Waals surface area contributed by atoms with E-state index < -0.39 is 11.5 Å². The molecule has 17 heavy (non-hydrogen) atoms. The van der Waals surface area contributed by atoms with Crippen LogP contribution in [0.15, 0.2) is 0 Å². The molecule has 0 saturated heterocycles. The Bertz CT molecular complexity index is 294. The van der Waals surface area contributed by atoms with Crippen LogP contribution in [0.1, 0.15) is 32.6 Å². The number of rotatable bonds is 4. The fraction of sp³-hybridized carbons (Fsp3) is 0.833. The number of hydrogen-bond donors (Lipinski definition) is 2. The first kappa shape index (κ1) is 14.0. The fourth-order valence-corrected chi connectivity index (χ4v) is 2.24. The topological polar surface area (TPSA) is 69.6 Å². The van der Waals surface area contributed by atoms with E-state index in [1.165, 1.54) is 0 Å². The van der Waals surface area contributed by atoms with Crippen LogP contribution in [0.5, 0.6) is 0 Å². The zero-order chi connectivity index (χ0) is 13.1. The quantitative estimate of drug-likeness (QED) is 0.761. The minimum absolute atomic E-state index is 0.216. The summed E-state index contributed by atoms with van der Waals surface area (Å²) in [4.78, 5) is 24.8. The Morgan fingerprint density at radius 3 is 2.29 bits per heavy atom. The van der Waals surface area contributed by atoms with Gasteiger partial charge in [0.2, 0.25) is 5.91 Å². The maximum absolute atomic E-state index is 11.7. The molecule has 5 nitrogen and oxygen atoms in total. The second-order valence-corrected chi connectivity index (χ2v) is 5.36. The fourth-order valence-electron chi connectivity index (χ4n) is 2.24. The lowest BCUT2D eigenvalue weighted by atomic mass is 9.77. The van der Waals surface area contributed by atoms with Crippen LogP contribution in [0.4, 0.5) is 0 Å². The maximum Gasteiger partial charge on any atom is 0.329 e. The maximum atomic E-state index is 11.7. The van der Waals surface area contributed by atoms with Crippen LogP contribution >= 0.6 is 0 Å². The minimum atomic E-state index is -1.04. The number of nitrogens with one attached hydrogen (secondary N) is 1. The summed E-state index contributed by atoms with van der Waals surface area (Å²) in [7, 11) is 3.58. The van der Waals surface area contributed by atoms with E-state index in [0.29, 0.717) is 18.8 Å². The minimum Gasteiger partial charge on any atom is -0.480 e. The van der Waals surface area contributed by atoms with Crippen LogP contribution in [-0.4, -0.2) is 48.1 Å². The molecule has 1 rings (SSSR count). The van der Waals surface area contributed by atoms with Gasteiger partial charge in [0, 0.05) is 0 Å². The van der Waals surface area contributed by atoms with Crippen molar-refractivity contribution in [2.75, 3.05) is 20.6 Å². The SMILES string of the molecule is CC1CCC(NC(=O)CN(C)C)(C(=O)O)CC1. The molecule has 2 N–H and O–H groups in total. The molecule has 1 amide bonds. The number of aliphatic carboxylic acids is 1. The molecule has 0 unspecified atom stereocenters. The van der Waals surface area contributed by atoms with Crippen molar-refractivity contribution in [1.82, 2.24) is 10.2 Å². The Morgan fingerprint density at radius 1 is 1.35 bits per heavy atom. The Morgan fingerprint density at radius 2 is 1.88 bits per heavy atom. The van der Waals surface area contributed by atoms with Crippen molar-refractivity contribution in [2.45, 2.75) is 38.1 Å². The van der Waals surface area contributed by atoms with Crippen molar-refractivity contribution in [1.29, 1.82) is 0 Å². The average molecular weight is 242 g/mol. The first-order valence-corrected chi connectivity index (χ1v) is 6.05. The average Bonchev–Trinajstić information content (AvgIpc) is 2.20. The van der Waals surface area contributed by atoms with E-state index in [1.54, 1.807) is 19.0 Å². The molecule has 0 aliphatic heterocycles. The lowest BCUT2D eigenvalue weighted by Crippen LogP contribution is -2.57. The first-order chi connectivity index (χ1) is 7.85. The van der Waals surface area contributed by atoms with Crippen molar-refractivity contribution < 1.29 is 14.7 Å². The van der Waals surface area contributed by atoms with Gasteiger partial charge in [-0.15, -0.1) is 0 Å². The highest BCUT2D eigenvalue weighted by Crippen LogP contribution is 2.32. The molecule has 0 bridgehead atoms. The Hall–Kier alpha value is -1.10. The van der Waals surface area contributed by atoms with Crippen LogP contribution < -0.4 is 5.32 Å². The predicted octanol–water partition coefficient (Wildman–Crippen LogP) is 0.698. The highest BCUT2D eigenvalue weighted by molar-refractivity contribution is 5.87. The first-order valence-electron chi connectivity index (χ1n) is 6.05. The van der Waals surface area contributed by atoms with Gasteiger partial charge in [-0.2, -0.15) is 0 Å². The zero-order valence-electron chi connectivity index (χ0n) is 10.8. The number of carboxylic acids is 1. The molecule has 0 aromatic carbocycles. The van der Waals surface area contributed by atoms with Gasteiger partial charge in [-0.3, -0.25) is 4.79 Å². The summed E-state index contributed by atoms with van der Waals surface area (Å²) >= 11 is 0. The summed E-state index contributed by atoms with van der Waals surface area (Å²) in [5, 5.41) is 12.0. The van der Waals surface area contributed by atoms with Crippen LogP contribution in [0.25, 0.3) is 0 Å². The van der Waals surface area contributed by atoms with Crippen LogP contribution in [-0.2, 0) is 9.59 Å². The summed E-state index contributed by atoms with van der Waals surface area (Å²) in [5.41, 5.74) is -1.04. The van der Waals surface area contributed by atoms with Crippen LogP contribution in [0, 0.1) is 5.92 Å². The van der Waals surface area contributed by atoms with Gasteiger partial charge in [0.25, 0.3) is 0 Å². The summed E-state index contributed by atoms with van der Waals surface area (Å²) in [5.74, 6) is -0.573. The Balaban J connectivity index is 2.66. The summed E-state index contributed by atoms with van der Waals surface area (Å²) in [6.45, 7) is 2.35. The van der Waals surface area contributed by atoms with E-state index in [1.807, 2.05) is 0 Å². The van der Waals surface area contributed by atoms with E-state index in [4.69, 9.17) is 0 Å². The van der Waals surface area contributed by atoms with Gasteiger partial charge in [0.05, 0.1) is 6.54 Å². The Kier molecular flexibility index (Phi) is 4.51. The summed E-state index contributed by atoms with van der Waals surface area (Å²) < 4.78 is 0. The van der Waals surface area contributed by atoms with E-state index in [-0.39, 0.29) is 12.5 Å². The van der Waals surface area contributed by atoms with Gasteiger partial charge in [-0.05, 0) is 45.7 Å². The standard InChI is InChI=1S/C12H22N2O3/c1-9-4-6-12(7-5-9,11(16)17)13-10(15)8-14(2)3/h9H,4-8H2,1-3H3,(H,13,15)(H,16,17). The molecular formula is C12H22N2O3. The summed E-state index contributed by atoms with van der Waals surface area (Å²) in [6, 6.07) is 0. The molecule has 1 aliphatic rings. The number of amides is 1. The molecule has 0 radical (unpaired) electrons. The monoisotopic (exact) mass is 242 g/mol. The van der Waals surface area contributed by atoms with Crippen molar-refractivity contribution in [3.63, 3.8) is 0 Å². The van der Waals surface area contributed by atoms with Crippen molar-refractivity contribution in [3.05, 3.63) is 0 Å². The van der Waals surface area contributed by atoms with Crippen LogP contribution in [0.2, 0.25) is 0 Å². The van der Waals surface area contributed by atoms with E-state index >= 15 is 0 Å². The van der Waals surface area contributed by atoms with Gasteiger partial charge in [-0.1, -0.05) is 6.92 Å². The normalized spacial score (nSPS) is 29.1. The van der Waals surface area contributed by atoms with Gasteiger partial charge < -0.3 is 15.3 Å². The molecule has 0 atom stereocenters. The van der Waals surface area contributed by atoms with Crippen molar-refractivity contribution >= 4 is 11.9 Å². The largest absolute Gasteiger partial charge is 0.480 e. The van der Waals surface area contributed by atoms with E-state index in [0.717, 1.165) is 12.8 Å². The van der Waals surface area contributed by atoms with Gasteiger partial charge in [-0.25, -0.2) is 4.79 Å². The van der Waals surface area contributed by atoms with E-state index in [2.05, 4.69) is 12.2 Å². The number of nitrogens with zero attached hydrogens (tertiary/aromatic N) is 1. The molecule has 0 spiro atoms. The molecular weight excluding hydrogens is 220 g/mol. The third kappa shape index (κ3) is 3.70. The smallest absolute Gasteiger partial charge is 0.329 e. The molecule has 0 aromatic heterocycles. The predicted molar refractivity (Wildman–Crippen MR) is 64.7 cm³/mol. The Labute approximate surface area is 102 Å². The lowest BCUT2D eigenvalue weighted by molar-refractivity contribution is -0.149. The third-order valence-electron chi connectivity index (χ3n) is 3.38. The third-order valence-corrected chi connectivity index (χ3v) is 3.38. The van der Waals surface area contributed by atoms with Crippen LogP contribution in [0.3, 0.4) is 0 Å². The lowest BCUT2D eigenvalue weighted by Gasteiger charge is -2.36. The molecule has 98 valence electrons. The number of carboxylic acid groups (broad SMARTS) is 1. The van der Waals surface area contributed by atoms with Crippen molar-refractivity contribution in [2.24, 2.45) is 5.92 Å². The molecule has 0 heterocycles. The molecule has 5 heteroatoms. The number of carbonyl (C=O) groups is 2. The summed E-state index contributed by atoms with van der Waals surface area (Å²) in [6.07, 6.45) is 2.77. The van der Waals surface area contributed by atoms with Gasteiger partial charge in [0.15, 0.2) is 0 Å². The molecule has 0 aromatic rings. The molecule has 1 aliphatic carbocycles. The molecule has 1 saturated carbocycles. The second-order valence-electron chi connectivity index (χ2n) is 5.36. The highest BCUT2D eigenvalue weighted by Gasteiger charge is 2.42. The van der Waals surface area contributed by atoms with Gasteiger partial charge in [0.1, 0.15) is 5.54 Å². The number of likely N-dealkylation sites (N-methyl/N-ethyl adjacent to an activating group) is 1. The van der Waals surface area contributed by atoms with Gasteiger partial charge >= 0.3 is 5.97 Å². The van der Waals surface area contributed by atoms with E-state index in [9.17, 15) is 14.7 Å².